The highest BCUT2D eigenvalue weighted by Crippen LogP contribution is 2.26. The van der Waals surface area contributed by atoms with E-state index >= 15 is 0 Å². The van der Waals surface area contributed by atoms with Crippen LogP contribution in [0.3, 0.4) is 0 Å². The first kappa shape index (κ1) is 25.2. The van der Waals surface area contributed by atoms with Gasteiger partial charge in [-0.3, -0.25) is 4.79 Å². The van der Waals surface area contributed by atoms with Gasteiger partial charge in [-0.25, -0.2) is 9.59 Å². The SMILES string of the molecule is CCOC(=O)[C@H](Cc1csc2ccccc12)NC(=O)c1ccc(CNC(=O)OC(C)(C)C)cc1. The van der Waals surface area contributed by atoms with E-state index in [1.807, 2.05) is 29.6 Å². The Morgan fingerprint density at radius 2 is 1.74 bits per heavy atom. The Morgan fingerprint density at radius 3 is 2.41 bits per heavy atom. The van der Waals surface area contributed by atoms with Gasteiger partial charge in [0.25, 0.3) is 5.91 Å². The maximum Gasteiger partial charge on any atom is 0.407 e. The van der Waals surface area contributed by atoms with Crippen LogP contribution in [0.25, 0.3) is 10.1 Å². The molecule has 2 amide bonds. The molecule has 0 saturated heterocycles. The van der Waals surface area contributed by atoms with Crippen molar-refractivity contribution in [2.75, 3.05) is 6.61 Å². The van der Waals surface area contributed by atoms with E-state index in [1.165, 1.54) is 0 Å². The Labute approximate surface area is 203 Å². The number of amides is 2. The Bertz CT molecular complexity index is 1150. The van der Waals surface area contributed by atoms with Gasteiger partial charge in [0.1, 0.15) is 11.6 Å². The van der Waals surface area contributed by atoms with Crippen LogP contribution in [0.2, 0.25) is 0 Å². The van der Waals surface area contributed by atoms with Crippen LogP contribution in [0, 0.1) is 0 Å². The minimum atomic E-state index is -0.807. The number of carbonyl (C=O) groups is 3. The molecule has 1 atom stereocenters. The van der Waals surface area contributed by atoms with Crippen LogP contribution in [0.5, 0.6) is 0 Å². The van der Waals surface area contributed by atoms with E-state index in [0.717, 1.165) is 21.2 Å². The largest absolute Gasteiger partial charge is 0.464 e. The van der Waals surface area contributed by atoms with Crippen LogP contribution < -0.4 is 10.6 Å². The molecule has 1 aromatic heterocycles. The van der Waals surface area contributed by atoms with Crippen molar-refractivity contribution >= 4 is 39.4 Å². The van der Waals surface area contributed by atoms with E-state index < -0.39 is 23.7 Å². The number of esters is 1. The number of benzene rings is 2. The molecule has 2 aromatic carbocycles. The summed E-state index contributed by atoms with van der Waals surface area (Å²) >= 11 is 1.60. The molecule has 8 heteroatoms. The number of rotatable bonds is 8. The van der Waals surface area contributed by atoms with Gasteiger partial charge >= 0.3 is 12.1 Å². The Balaban J connectivity index is 1.65. The average molecular weight is 483 g/mol. The summed E-state index contributed by atoms with van der Waals surface area (Å²) in [6.07, 6.45) is -0.167. The Kier molecular flexibility index (Phi) is 8.28. The molecule has 34 heavy (non-hydrogen) atoms. The maximum absolute atomic E-state index is 12.9. The third-order valence-corrected chi connectivity index (χ3v) is 5.93. The zero-order chi connectivity index (χ0) is 24.7. The number of carbonyl (C=O) groups excluding carboxylic acids is 3. The highest BCUT2D eigenvalue weighted by Gasteiger charge is 2.24. The molecule has 3 rings (SSSR count). The van der Waals surface area contributed by atoms with E-state index in [4.69, 9.17) is 9.47 Å². The summed E-state index contributed by atoms with van der Waals surface area (Å²) in [7, 11) is 0. The molecule has 0 aliphatic heterocycles. The van der Waals surface area contributed by atoms with E-state index in [-0.39, 0.29) is 19.1 Å². The van der Waals surface area contributed by atoms with Crippen LogP contribution >= 0.6 is 11.3 Å². The third-order valence-electron chi connectivity index (χ3n) is 4.91. The van der Waals surface area contributed by atoms with Gasteiger partial charge in [-0.1, -0.05) is 30.3 Å². The Morgan fingerprint density at radius 1 is 1.03 bits per heavy atom. The highest BCUT2D eigenvalue weighted by atomic mass is 32.1. The normalized spacial score (nSPS) is 12.1. The number of hydrogen-bond acceptors (Lipinski definition) is 6. The minimum absolute atomic E-state index is 0.231. The van der Waals surface area contributed by atoms with Crippen LogP contribution in [0.1, 0.15) is 49.2 Å². The van der Waals surface area contributed by atoms with Gasteiger partial charge in [0.15, 0.2) is 0 Å². The first-order chi connectivity index (χ1) is 16.2. The van der Waals surface area contributed by atoms with Crippen LogP contribution in [-0.4, -0.2) is 36.2 Å². The van der Waals surface area contributed by atoms with Crippen LogP contribution in [0.4, 0.5) is 4.79 Å². The predicted molar refractivity (Wildman–Crippen MR) is 133 cm³/mol. The predicted octanol–water partition coefficient (Wildman–Crippen LogP) is 4.83. The van der Waals surface area contributed by atoms with Crippen molar-refractivity contribution in [2.45, 2.75) is 52.3 Å². The zero-order valence-corrected chi connectivity index (χ0v) is 20.7. The van der Waals surface area contributed by atoms with Gasteiger partial charge in [-0.2, -0.15) is 0 Å². The van der Waals surface area contributed by atoms with Crippen LogP contribution in [0.15, 0.2) is 53.9 Å². The maximum atomic E-state index is 12.9. The first-order valence-corrected chi connectivity index (χ1v) is 12.0. The molecule has 2 N–H and O–H groups in total. The number of thiophene rings is 1. The fraction of sp³-hybridized carbons (Fsp3) is 0.346. The third kappa shape index (κ3) is 7.05. The molecule has 0 radical (unpaired) electrons. The minimum Gasteiger partial charge on any atom is -0.464 e. The number of ether oxygens (including phenoxy) is 2. The second kappa shape index (κ2) is 11.2. The molecule has 3 aromatic rings. The lowest BCUT2D eigenvalue weighted by Crippen LogP contribution is -2.43. The van der Waals surface area contributed by atoms with Gasteiger partial charge in [0.05, 0.1) is 6.61 Å². The van der Waals surface area contributed by atoms with Gasteiger partial charge in [0.2, 0.25) is 0 Å². The molecule has 0 aliphatic rings. The standard InChI is InChI=1S/C26H30N2O5S/c1-5-32-24(30)21(14-19-16-34-22-9-7-6-8-20(19)22)28-23(29)18-12-10-17(11-13-18)15-27-25(31)33-26(2,3)4/h6-13,16,21H,5,14-15H2,1-4H3,(H,27,31)(H,28,29)/t21-/m0/s1. The van der Waals surface area contributed by atoms with Crippen molar-refractivity contribution in [3.05, 3.63) is 70.6 Å². The van der Waals surface area contributed by atoms with Crippen molar-refractivity contribution < 1.29 is 23.9 Å². The van der Waals surface area contributed by atoms with Gasteiger partial charge in [0, 0.05) is 23.2 Å². The first-order valence-electron chi connectivity index (χ1n) is 11.1. The summed E-state index contributed by atoms with van der Waals surface area (Å²) < 4.78 is 11.6. The summed E-state index contributed by atoms with van der Waals surface area (Å²) in [4.78, 5) is 37.3. The van der Waals surface area contributed by atoms with Crippen LogP contribution in [-0.2, 0) is 27.2 Å². The van der Waals surface area contributed by atoms with E-state index in [2.05, 4.69) is 10.6 Å². The topological polar surface area (TPSA) is 93.7 Å². The fourth-order valence-electron chi connectivity index (χ4n) is 3.35. The summed E-state index contributed by atoms with van der Waals surface area (Å²) in [6.45, 7) is 7.63. The average Bonchev–Trinajstić information content (AvgIpc) is 3.19. The monoisotopic (exact) mass is 482 g/mol. The second-order valence-corrected chi connectivity index (χ2v) is 9.70. The lowest BCUT2D eigenvalue weighted by molar-refractivity contribution is -0.145. The van der Waals surface area contributed by atoms with Gasteiger partial charge in [-0.15, -0.1) is 11.3 Å². The summed E-state index contributed by atoms with van der Waals surface area (Å²) in [5, 5.41) is 8.58. The molecule has 0 saturated carbocycles. The molecular formula is C26H30N2O5S. The Hall–Kier alpha value is -3.39. The quantitative estimate of drug-likeness (QED) is 0.449. The summed E-state index contributed by atoms with van der Waals surface area (Å²) in [5.41, 5.74) is 1.64. The molecule has 0 fully saturated rings. The van der Waals surface area contributed by atoms with Crippen molar-refractivity contribution in [1.82, 2.24) is 10.6 Å². The molecule has 180 valence electrons. The van der Waals surface area contributed by atoms with Gasteiger partial charge in [-0.05, 0) is 67.8 Å². The van der Waals surface area contributed by atoms with E-state index in [9.17, 15) is 14.4 Å². The summed E-state index contributed by atoms with van der Waals surface area (Å²) in [5.74, 6) is -0.839. The molecule has 0 bridgehead atoms. The lowest BCUT2D eigenvalue weighted by Gasteiger charge is -2.19. The van der Waals surface area contributed by atoms with Crippen molar-refractivity contribution in [3.63, 3.8) is 0 Å². The van der Waals surface area contributed by atoms with E-state index in [0.29, 0.717) is 12.0 Å². The summed E-state index contributed by atoms with van der Waals surface area (Å²) in [6, 6.07) is 14.0. The molecule has 7 nitrogen and oxygen atoms in total. The number of hydrogen-bond donors (Lipinski definition) is 2. The number of alkyl carbamates (subject to hydrolysis) is 1. The fourth-order valence-corrected chi connectivity index (χ4v) is 4.33. The molecular weight excluding hydrogens is 452 g/mol. The number of fused-ring (bicyclic) bond motifs is 1. The molecule has 0 spiro atoms. The van der Waals surface area contributed by atoms with Crippen molar-refractivity contribution in [3.8, 4) is 0 Å². The second-order valence-electron chi connectivity index (χ2n) is 8.79. The van der Waals surface area contributed by atoms with Gasteiger partial charge < -0.3 is 20.1 Å². The highest BCUT2D eigenvalue weighted by molar-refractivity contribution is 7.17. The molecule has 0 unspecified atom stereocenters. The zero-order valence-electron chi connectivity index (χ0n) is 19.8. The molecule has 0 aliphatic carbocycles. The van der Waals surface area contributed by atoms with E-state index in [1.54, 1.807) is 63.3 Å². The number of nitrogens with one attached hydrogen (secondary N) is 2. The lowest BCUT2D eigenvalue weighted by atomic mass is 10.0. The van der Waals surface area contributed by atoms with Crippen molar-refractivity contribution in [2.24, 2.45) is 0 Å². The smallest absolute Gasteiger partial charge is 0.407 e. The van der Waals surface area contributed by atoms with Crippen molar-refractivity contribution in [1.29, 1.82) is 0 Å². The molecule has 1 heterocycles.